The predicted molar refractivity (Wildman–Crippen MR) is 112 cm³/mol. The molecule has 0 bridgehead atoms. The minimum atomic E-state index is -0.384. The highest BCUT2D eigenvalue weighted by molar-refractivity contribution is 6.33. The van der Waals surface area contributed by atoms with Gasteiger partial charge in [-0.25, -0.2) is 9.97 Å². The molecule has 0 saturated heterocycles. The highest BCUT2D eigenvalue weighted by atomic mass is 35.5. The summed E-state index contributed by atoms with van der Waals surface area (Å²) in [6.07, 6.45) is 1.65. The third-order valence-corrected chi connectivity index (χ3v) is 4.82. The molecule has 1 amide bonds. The number of hydrogen-bond acceptors (Lipinski definition) is 4. The van der Waals surface area contributed by atoms with Crippen LogP contribution in [0.3, 0.4) is 0 Å². The Morgan fingerprint density at radius 2 is 1.97 bits per heavy atom. The first-order valence-electron chi connectivity index (χ1n) is 9.24. The van der Waals surface area contributed by atoms with E-state index in [9.17, 15) is 4.79 Å². The lowest BCUT2D eigenvalue weighted by atomic mass is 9.98. The number of hydrogen-bond donors (Lipinski definition) is 2. The number of benzene rings is 2. The van der Waals surface area contributed by atoms with Gasteiger partial charge >= 0.3 is 0 Å². The third-order valence-electron chi connectivity index (χ3n) is 4.51. The van der Waals surface area contributed by atoms with Gasteiger partial charge in [0.05, 0.1) is 35.0 Å². The number of carbonyl (C=O) groups excluding carboxylic acids is 1. The maximum atomic E-state index is 13.1. The first-order chi connectivity index (χ1) is 14.2. The Kier molecular flexibility index (Phi) is 5.44. The summed E-state index contributed by atoms with van der Waals surface area (Å²) in [6.45, 7) is 2.31. The molecule has 1 unspecified atom stereocenters. The number of aromatic amines is 1. The van der Waals surface area contributed by atoms with Crippen molar-refractivity contribution in [3.63, 3.8) is 0 Å². The van der Waals surface area contributed by atoms with Crippen molar-refractivity contribution < 1.29 is 9.53 Å². The summed E-state index contributed by atoms with van der Waals surface area (Å²) in [6, 6.07) is 18.5. The minimum Gasteiger partial charge on any atom is -0.478 e. The number of carbonyl (C=O) groups is 1. The smallest absolute Gasteiger partial charge is 0.272 e. The van der Waals surface area contributed by atoms with Gasteiger partial charge in [-0.15, -0.1) is 0 Å². The molecule has 4 rings (SSSR count). The normalized spacial score (nSPS) is 11.9. The first-order valence-corrected chi connectivity index (χ1v) is 9.61. The van der Waals surface area contributed by atoms with Crippen LogP contribution in [0.2, 0.25) is 5.02 Å². The van der Waals surface area contributed by atoms with Gasteiger partial charge in [0.2, 0.25) is 5.88 Å². The van der Waals surface area contributed by atoms with Gasteiger partial charge in [-0.1, -0.05) is 48.0 Å². The van der Waals surface area contributed by atoms with Gasteiger partial charge in [-0.3, -0.25) is 4.79 Å². The highest BCUT2D eigenvalue weighted by Crippen LogP contribution is 2.26. The van der Waals surface area contributed by atoms with E-state index in [2.05, 4.69) is 20.3 Å². The van der Waals surface area contributed by atoms with E-state index in [0.717, 1.165) is 22.2 Å². The minimum absolute atomic E-state index is 0.126. The molecule has 4 aromatic rings. The Hall–Kier alpha value is -3.38. The summed E-state index contributed by atoms with van der Waals surface area (Å²) in [5.74, 6) is -0.0210. The molecule has 0 aliphatic rings. The molecule has 0 fully saturated rings. The third kappa shape index (κ3) is 4.07. The van der Waals surface area contributed by atoms with Crippen LogP contribution < -0.4 is 10.1 Å². The average Bonchev–Trinajstić information content (AvgIpc) is 3.22. The second-order valence-electron chi connectivity index (χ2n) is 6.41. The van der Waals surface area contributed by atoms with Crippen LogP contribution in [0.15, 0.2) is 67.0 Å². The van der Waals surface area contributed by atoms with Crippen molar-refractivity contribution in [2.24, 2.45) is 0 Å². The van der Waals surface area contributed by atoms with E-state index in [1.807, 2.05) is 55.5 Å². The predicted octanol–water partition coefficient (Wildman–Crippen LogP) is 4.53. The fraction of sp³-hybridized carbons (Fsp3) is 0.136. The quantitative estimate of drug-likeness (QED) is 0.493. The molecule has 0 spiro atoms. The number of halogens is 1. The summed E-state index contributed by atoms with van der Waals surface area (Å²) in [7, 11) is 0. The van der Waals surface area contributed by atoms with Gasteiger partial charge in [0.1, 0.15) is 0 Å². The molecular weight excluding hydrogens is 388 g/mol. The molecule has 0 saturated carbocycles. The van der Waals surface area contributed by atoms with Gasteiger partial charge < -0.3 is 15.0 Å². The molecule has 146 valence electrons. The van der Waals surface area contributed by atoms with Gasteiger partial charge in [-0.2, -0.15) is 0 Å². The molecule has 0 radical (unpaired) electrons. The topological polar surface area (TPSA) is 79.9 Å². The molecule has 1 atom stereocenters. The van der Waals surface area contributed by atoms with Gasteiger partial charge in [0.15, 0.2) is 5.69 Å². The van der Waals surface area contributed by atoms with Crippen LogP contribution >= 0.6 is 11.6 Å². The van der Waals surface area contributed by atoms with Crippen molar-refractivity contribution >= 4 is 28.5 Å². The van der Waals surface area contributed by atoms with E-state index in [0.29, 0.717) is 12.5 Å². The first kappa shape index (κ1) is 19.0. The molecular formula is C22H19ClN4O2. The number of nitrogens with one attached hydrogen (secondary N) is 2. The molecule has 2 aromatic heterocycles. The standard InChI is InChI=1S/C22H19ClN4O2/c1-2-29-19-11-9-16(23)21(26-19)22(28)27-20(14-6-4-3-5-7-14)15-8-10-17-18(12-15)25-13-24-17/h3-13,20H,2H2,1H3,(H,24,25)(H,27,28). The van der Waals surface area contributed by atoms with E-state index in [1.54, 1.807) is 18.5 Å². The van der Waals surface area contributed by atoms with E-state index >= 15 is 0 Å². The lowest BCUT2D eigenvalue weighted by molar-refractivity contribution is 0.0937. The van der Waals surface area contributed by atoms with Crippen LogP contribution in [0.1, 0.15) is 34.6 Å². The van der Waals surface area contributed by atoms with Crippen molar-refractivity contribution in [3.8, 4) is 5.88 Å². The van der Waals surface area contributed by atoms with Crippen molar-refractivity contribution in [2.75, 3.05) is 6.61 Å². The largest absolute Gasteiger partial charge is 0.478 e. The molecule has 2 aromatic carbocycles. The Morgan fingerprint density at radius 1 is 1.14 bits per heavy atom. The molecule has 2 N–H and O–H groups in total. The number of imidazole rings is 1. The lowest BCUT2D eigenvalue weighted by Crippen LogP contribution is -2.30. The molecule has 29 heavy (non-hydrogen) atoms. The highest BCUT2D eigenvalue weighted by Gasteiger charge is 2.21. The van der Waals surface area contributed by atoms with E-state index in [-0.39, 0.29) is 22.7 Å². The Balaban J connectivity index is 1.71. The van der Waals surface area contributed by atoms with Crippen LogP contribution in [0.4, 0.5) is 0 Å². The molecule has 7 heteroatoms. The van der Waals surface area contributed by atoms with Crippen LogP contribution in [0, 0.1) is 0 Å². The molecule has 0 aliphatic carbocycles. The van der Waals surface area contributed by atoms with Gasteiger partial charge in [0, 0.05) is 6.07 Å². The van der Waals surface area contributed by atoms with Crippen LogP contribution in [0.5, 0.6) is 5.88 Å². The Morgan fingerprint density at radius 3 is 2.76 bits per heavy atom. The molecule has 6 nitrogen and oxygen atoms in total. The number of ether oxygens (including phenoxy) is 1. The van der Waals surface area contributed by atoms with E-state index in [4.69, 9.17) is 16.3 Å². The number of rotatable bonds is 6. The van der Waals surface area contributed by atoms with E-state index < -0.39 is 0 Å². The number of nitrogens with zero attached hydrogens (tertiary/aromatic N) is 2. The number of amides is 1. The van der Waals surface area contributed by atoms with Crippen LogP contribution in [-0.4, -0.2) is 27.5 Å². The lowest BCUT2D eigenvalue weighted by Gasteiger charge is -2.20. The van der Waals surface area contributed by atoms with Crippen molar-refractivity contribution in [1.82, 2.24) is 20.3 Å². The zero-order valence-electron chi connectivity index (χ0n) is 15.7. The summed E-state index contributed by atoms with van der Waals surface area (Å²) in [5.41, 5.74) is 3.74. The number of pyridine rings is 1. The average molecular weight is 407 g/mol. The monoisotopic (exact) mass is 406 g/mol. The second-order valence-corrected chi connectivity index (χ2v) is 6.82. The van der Waals surface area contributed by atoms with Gasteiger partial charge in [-0.05, 0) is 36.2 Å². The van der Waals surface area contributed by atoms with Gasteiger partial charge in [0.25, 0.3) is 5.91 Å². The maximum Gasteiger partial charge on any atom is 0.272 e. The summed E-state index contributed by atoms with van der Waals surface area (Å²) >= 11 is 6.24. The molecule has 2 heterocycles. The summed E-state index contributed by atoms with van der Waals surface area (Å²) < 4.78 is 5.40. The summed E-state index contributed by atoms with van der Waals surface area (Å²) in [5, 5.41) is 3.32. The summed E-state index contributed by atoms with van der Waals surface area (Å²) in [4.78, 5) is 24.7. The number of aromatic nitrogens is 3. The zero-order valence-corrected chi connectivity index (χ0v) is 16.5. The fourth-order valence-corrected chi connectivity index (χ4v) is 3.34. The molecule has 0 aliphatic heterocycles. The Labute approximate surface area is 172 Å². The van der Waals surface area contributed by atoms with Crippen LogP contribution in [-0.2, 0) is 0 Å². The second kappa shape index (κ2) is 8.32. The SMILES string of the molecule is CCOc1ccc(Cl)c(C(=O)NC(c2ccccc2)c2ccc3nc[nH]c3c2)n1. The zero-order chi connectivity index (χ0) is 20.2. The number of fused-ring (bicyclic) bond motifs is 1. The van der Waals surface area contributed by atoms with Crippen LogP contribution in [0.25, 0.3) is 11.0 Å². The van der Waals surface area contributed by atoms with Crippen molar-refractivity contribution in [2.45, 2.75) is 13.0 Å². The van der Waals surface area contributed by atoms with E-state index in [1.165, 1.54) is 0 Å². The van der Waals surface area contributed by atoms with Crippen molar-refractivity contribution in [3.05, 3.63) is 88.8 Å². The maximum absolute atomic E-state index is 13.1. The van der Waals surface area contributed by atoms with Crippen molar-refractivity contribution in [1.29, 1.82) is 0 Å². The number of H-pyrrole nitrogens is 1. The Bertz CT molecular complexity index is 1140. The fourth-order valence-electron chi connectivity index (χ4n) is 3.15.